The van der Waals surface area contributed by atoms with Crippen LogP contribution in [0.15, 0.2) is 30.3 Å². The van der Waals surface area contributed by atoms with Gasteiger partial charge in [-0.2, -0.15) is 0 Å². The lowest BCUT2D eigenvalue weighted by Gasteiger charge is -2.26. The maximum atomic E-state index is 13.6. The Bertz CT molecular complexity index is 767. The Labute approximate surface area is 141 Å². The fraction of sp³-hybridized carbons (Fsp3) is 0.188. The molecule has 0 aromatic heterocycles. The summed E-state index contributed by atoms with van der Waals surface area (Å²) in [4.78, 5) is 13.7. The van der Waals surface area contributed by atoms with E-state index in [2.05, 4.69) is 0 Å². The van der Waals surface area contributed by atoms with Crippen LogP contribution in [0.4, 0.5) is 13.2 Å². The third-order valence-electron chi connectivity index (χ3n) is 3.57. The van der Waals surface area contributed by atoms with Crippen LogP contribution in [-0.4, -0.2) is 17.9 Å². The zero-order valence-corrected chi connectivity index (χ0v) is 13.7. The van der Waals surface area contributed by atoms with Crippen molar-refractivity contribution in [3.05, 3.63) is 69.0 Å². The van der Waals surface area contributed by atoms with Gasteiger partial charge in [0.1, 0.15) is 5.82 Å². The average molecular weight is 362 g/mol. The Balaban J connectivity index is 2.32. The van der Waals surface area contributed by atoms with E-state index in [-0.39, 0.29) is 15.6 Å². The molecule has 0 spiro atoms. The Morgan fingerprint density at radius 3 is 2.26 bits per heavy atom. The number of halogens is 5. The summed E-state index contributed by atoms with van der Waals surface area (Å²) in [7, 11) is 1.46. The fourth-order valence-electron chi connectivity index (χ4n) is 2.05. The van der Waals surface area contributed by atoms with Crippen molar-refractivity contribution < 1.29 is 18.0 Å². The average Bonchev–Trinajstić information content (AvgIpc) is 2.51. The van der Waals surface area contributed by atoms with Gasteiger partial charge in [0, 0.05) is 7.05 Å². The number of hydrogen-bond donors (Lipinski definition) is 0. The summed E-state index contributed by atoms with van der Waals surface area (Å²) in [5, 5.41) is -0.186. The van der Waals surface area contributed by atoms with Crippen molar-refractivity contribution in [2.45, 2.75) is 13.0 Å². The molecule has 122 valence electrons. The second-order valence-corrected chi connectivity index (χ2v) is 5.83. The first-order valence-electron chi connectivity index (χ1n) is 6.59. The van der Waals surface area contributed by atoms with Crippen LogP contribution < -0.4 is 0 Å². The maximum Gasteiger partial charge on any atom is 0.255 e. The molecule has 7 heteroatoms. The minimum Gasteiger partial charge on any atom is -0.335 e. The molecule has 0 N–H and O–H groups in total. The lowest BCUT2D eigenvalue weighted by Crippen LogP contribution is -2.30. The Morgan fingerprint density at radius 2 is 1.65 bits per heavy atom. The lowest BCUT2D eigenvalue weighted by atomic mass is 10.1. The predicted octanol–water partition coefficient (Wildman–Crippen LogP) is 5.24. The van der Waals surface area contributed by atoms with Gasteiger partial charge in [0.25, 0.3) is 5.91 Å². The van der Waals surface area contributed by atoms with Gasteiger partial charge in [0.15, 0.2) is 11.6 Å². The summed E-state index contributed by atoms with van der Waals surface area (Å²) in [5.41, 5.74) is 0.329. The highest BCUT2D eigenvalue weighted by atomic mass is 35.5. The first-order chi connectivity index (χ1) is 10.7. The molecule has 1 unspecified atom stereocenters. The molecule has 0 saturated carbocycles. The van der Waals surface area contributed by atoms with Crippen LogP contribution in [0.25, 0.3) is 0 Å². The summed E-state index contributed by atoms with van der Waals surface area (Å²) in [6.45, 7) is 1.63. The molecule has 2 aromatic rings. The van der Waals surface area contributed by atoms with E-state index in [1.165, 1.54) is 18.0 Å². The van der Waals surface area contributed by atoms with E-state index in [1.54, 1.807) is 6.92 Å². The summed E-state index contributed by atoms with van der Waals surface area (Å²) >= 11 is 11.5. The molecule has 23 heavy (non-hydrogen) atoms. The molecule has 0 aliphatic heterocycles. The summed E-state index contributed by atoms with van der Waals surface area (Å²) < 4.78 is 39.9. The number of carbonyl (C=O) groups is 1. The smallest absolute Gasteiger partial charge is 0.255 e. The zero-order chi connectivity index (χ0) is 17.3. The quantitative estimate of drug-likeness (QED) is 0.684. The molecule has 0 fully saturated rings. The van der Waals surface area contributed by atoms with Crippen LogP contribution in [-0.2, 0) is 0 Å². The van der Waals surface area contributed by atoms with Gasteiger partial charge in [-0.15, -0.1) is 0 Å². The van der Waals surface area contributed by atoms with Gasteiger partial charge < -0.3 is 4.90 Å². The maximum absolute atomic E-state index is 13.6. The number of benzene rings is 2. The first-order valence-corrected chi connectivity index (χ1v) is 7.34. The Morgan fingerprint density at radius 1 is 1.00 bits per heavy atom. The van der Waals surface area contributed by atoms with Crippen LogP contribution in [0.3, 0.4) is 0 Å². The number of amides is 1. The van der Waals surface area contributed by atoms with E-state index in [0.29, 0.717) is 5.56 Å². The van der Waals surface area contributed by atoms with Crippen LogP contribution in [0.1, 0.15) is 28.9 Å². The van der Waals surface area contributed by atoms with E-state index in [9.17, 15) is 18.0 Å². The monoisotopic (exact) mass is 361 g/mol. The normalized spacial score (nSPS) is 12.1. The summed E-state index contributed by atoms with van der Waals surface area (Å²) in [6.07, 6.45) is 0. The van der Waals surface area contributed by atoms with Gasteiger partial charge >= 0.3 is 0 Å². The highest BCUT2D eigenvalue weighted by molar-refractivity contribution is 6.36. The topological polar surface area (TPSA) is 20.3 Å². The van der Waals surface area contributed by atoms with Crippen LogP contribution in [0, 0.1) is 17.5 Å². The van der Waals surface area contributed by atoms with Crippen molar-refractivity contribution in [3.8, 4) is 0 Å². The van der Waals surface area contributed by atoms with Gasteiger partial charge in [-0.1, -0.05) is 29.3 Å². The Hall–Kier alpha value is -1.72. The second kappa shape index (κ2) is 6.81. The zero-order valence-electron chi connectivity index (χ0n) is 12.2. The Kier molecular flexibility index (Phi) is 5.22. The van der Waals surface area contributed by atoms with Crippen LogP contribution >= 0.6 is 23.2 Å². The molecule has 1 atom stereocenters. The molecule has 2 aromatic carbocycles. The molecule has 2 nitrogen and oxygen atoms in total. The third-order valence-corrected chi connectivity index (χ3v) is 4.17. The van der Waals surface area contributed by atoms with Crippen LogP contribution in [0.5, 0.6) is 0 Å². The standard InChI is InChI=1S/C16H12Cl2F3NO/c1-8(9-3-4-13(19)15(21)5-9)22(2)16(23)10-6-14(20)12(18)7-11(10)17/h3-8H,1-2H3. The van der Waals surface area contributed by atoms with Crippen molar-refractivity contribution in [3.63, 3.8) is 0 Å². The molecular weight excluding hydrogens is 350 g/mol. The van der Waals surface area contributed by atoms with Crippen LogP contribution in [0.2, 0.25) is 10.0 Å². The number of carbonyl (C=O) groups excluding carboxylic acids is 1. The van der Waals surface area contributed by atoms with Crippen molar-refractivity contribution in [1.29, 1.82) is 0 Å². The van der Waals surface area contributed by atoms with Gasteiger partial charge in [-0.25, -0.2) is 13.2 Å². The minimum atomic E-state index is -1.01. The first kappa shape index (κ1) is 17.6. The van der Waals surface area contributed by atoms with E-state index in [1.807, 2.05) is 0 Å². The molecule has 0 saturated heterocycles. The fourth-order valence-corrected chi connectivity index (χ4v) is 2.51. The number of rotatable bonds is 3. The third kappa shape index (κ3) is 3.62. The summed E-state index contributed by atoms with van der Waals surface area (Å²) in [5.74, 6) is -3.32. The molecule has 0 aliphatic rings. The highest BCUT2D eigenvalue weighted by Gasteiger charge is 2.23. The molecule has 0 bridgehead atoms. The number of hydrogen-bond acceptors (Lipinski definition) is 1. The van der Waals surface area contributed by atoms with Crippen molar-refractivity contribution in [1.82, 2.24) is 4.90 Å². The number of nitrogens with zero attached hydrogens (tertiary/aromatic N) is 1. The minimum absolute atomic E-state index is 0.00531. The largest absolute Gasteiger partial charge is 0.335 e. The van der Waals surface area contributed by atoms with E-state index in [0.717, 1.165) is 24.3 Å². The van der Waals surface area contributed by atoms with E-state index in [4.69, 9.17) is 23.2 Å². The molecule has 0 aliphatic carbocycles. The molecule has 1 amide bonds. The van der Waals surface area contributed by atoms with Crippen molar-refractivity contribution in [2.75, 3.05) is 7.05 Å². The van der Waals surface area contributed by atoms with Crippen molar-refractivity contribution >= 4 is 29.1 Å². The van der Waals surface area contributed by atoms with Gasteiger partial charge in [-0.3, -0.25) is 4.79 Å². The SMILES string of the molecule is CC(c1ccc(F)c(F)c1)N(C)C(=O)c1cc(F)c(Cl)cc1Cl. The van der Waals surface area contributed by atoms with Gasteiger partial charge in [-0.05, 0) is 36.8 Å². The molecule has 0 heterocycles. The van der Waals surface area contributed by atoms with Gasteiger partial charge in [0.2, 0.25) is 0 Å². The molecule has 2 rings (SSSR count). The molecular formula is C16H12Cl2F3NO. The predicted molar refractivity (Wildman–Crippen MR) is 83.3 cm³/mol. The van der Waals surface area contributed by atoms with Gasteiger partial charge in [0.05, 0.1) is 21.7 Å². The second-order valence-electron chi connectivity index (χ2n) is 5.01. The highest BCUT2D eigenvalue weighted by Crippen LogP contribution is 2.28. The van der Waals surface area contributed by atoms with Crippen molar-refractivity contribution in [2.24, 2.45) is 0 Å². The van der Waals surface area contributed by atoms with E-state index >= 15 is 0 Å². The summed E-state index contributed by atoms with van der Waals surface area (Å²) in [6, 6.07) is 4.87. The lowest BCUT2D eigenvalue weighted by molar-refractivity contribution is 0.0742. The molecule has 0 radical (unpaired) electrons. The van der Waals surface area contributed by atoms with E-state index < -0.39 is 29.4 Å².